The molecule has 2 heteroatoms. The summed E-state index contributed by atoms with van der Waals surface area (Å²) < 4.78 is 5.36. The van der Waals surface area contributed by atoms with Crippen molar-refractivity contribution in [2.45, 2.75) is 45.8 Å². The van der Waals surface area contributed by atoms with E-state index >= 15 is 0 Å². The monoisotopic (exact) mass is 172 g/mol. The standard InChI is InChI=1S/C10H20O2/c1-5-10(12-6-2)9(11)7-8(3)4/h9-11H,3,5-7H2,1-2,4H3. The molecule has 0 fully saturated rings. The van der Waals surface area contributed by atoms with Crippen molar-refractivity contribution in [1.82, 2.24) is 0 Å². The summed E-state index contributed by atoms with van der Waals surface area (Å²) in [6, 6.07) is 0. The minimum Gasteiger partial charge on any atom is -0.390 e. The van der Waals surface area contributed by atoms with Crippen molar-refractivity contribution >= 4 is 0 Å². The van der Waals surface area contributed by atoms with E-state index in [1.807, 2.05) is 20.8 Å². The van der Waals surface area contributed by atoms with Crippen LogP contribution in [0.3, 0.4) is 0 Å². The third kappa shape index (κ3) is 4.52. The molecule has 2 nitrogen and oxygen atoms in total. The smallest absolute Gasteiger partial charge is 0.0838 e. The van der Waals surface area contributed by atoms with Gasteiger partial charge < -0.3 is 9.84 Å². The molecule has 0 aromatic carbocycles. The Morgan fingerprint density at radius 1 is 1.50 bits per heavy atom. The molecule has 0 radical (unpaired) electrons. The zero-order chi connectivity index (χ0) is 9.56. The molecular weight excluding hydrogens is 152 g/mol. The van der Waals surface area contributed by atoms with Crippen molar-refractivity contribution < 1.29 is 9.84 Å². The third-order valence-corrected chi connectivity index (χ3v) is 1.77. The Balaban J connectivity index is 3.84. The van der Waals surface area contributed by atoms with Crippen LogP contribution >= 0.6 is 0 Å². The van der Waals surface area contributed by atoms with Gasteiger partial charge in [0.15, 0.2) is 0 Å². The Morgan fingerprint density at radius 3 is 2.42 bits per heavy atom. The number of aliphatic hydroxyl groups excluding tert-OH is 1. The van der Waals surface area contributed by atoms with Crippen molar-refractivity contribution in [1.29, 1.82) is 0 Å². The molecular formula is C10H20O2. The molecule has 0 spiro atoms. The molecule has 0 rings (SSSR count). The summed E-state index contributed by atoms with van der Waals surface area (Å²) in [6.45, 7) is 10.3. The quantitative estimate of drug-likeness (QED) is 0.622. The average molecular weight is 172 g/mol. The first kappa shape index (κ1) is 11.7. The lowest BCUT2D eigenvalue weighted by molar-refractivity contribution is -0.0333. The maximum absolute atomic E-state index is 9.62. The van der Waals surface area contributed by atoms with Crippen LogP contribution in [0.15, 0.2) is 12.2 Å². The van der Waals surface area contributed by atoms with E-state index in [0.29, 0.717) is 13.0 Å². The molecule has 0 bridgehead atoms. The second-order valence-electron chi connectivity index (χ2n) is 3.13. The fraction of sp³-hybridized carbons (Fsp3) is 0.800. The first-order valence-electron chi connectivity index (χ1n) is 4.55. The number of hydrogen-bond acceptors (Lipinski definition) is 2. The van der Waals surface area contributed by atoms with E-state index in [0.717, 1.165) is 12.0 Å². The van der Waals surface area contributed by atoms with Crippen molar-refractivity contribution in [3.63, 3.8) is 0 Å². The Kier molecular flexibility index (Phi) is 6.03. The minimum absolute atomic E-state index is 0.0355. The van der Waals surface area contributed by atoms with Gasteiger partial charge >= 0.3 is 0 Å². The van der Waals surface area contributed by atoms with Gasteiger partial charge in [-0.05, 0) is 26.7 Å². The molecule has 2 atom stereocenters. The number of hydrogen-bond donors (Lipinski definition) is 1. The van der Waals surface area contributed by atoms with Gasteiger partial charge in [0, 0.05) is 6.61 Å². The van der Waals surface area contributed by atoms with Crippen LogP contribution in [0.2, 0.25) is 0 Å². The largest absolute Gasteiger partial charge is 0.390 e. The van der Waals surface area contributed by atoms with Crippen LogP contribution in [-0.4, -0.2) is 23.9 Å². The molecule has 0 saturated heterocycles. The normalized spacial score (nSPS) is 15.7. The highest BCUT2D eigenvalue weighted by molar-refractivity contribution is 4.92. The van der Waals surface area contributed by atoms with Gasteiger partial charge in [-0.25, -0.2) is 0 Å². The molecule has 1 N–H and O–H groups in total. The van der Waals surface area contributed by atoms with E-state index in [-0.39, 0.29) is 6.10 Å². The summed E-state index contributed by atoms with van der Waals surface area (Å²) in [4.78, 5) is 0. The van der Waals surface area contributed by atoms with E-state index in [1.54, 1.807) is 0 Å². The van der Waals surface area contributed by atoms with Crippen LogP contribution < -0.4 is 0 Å². The molecule has 12 heavy (non-hydrogen) atoms. The van der Waals surface area contributed by atoms with E-state index in [4.69, 9.17) is 4.74 Å². The highest BCUT2D eigenvalue weighted by Gasteiger charge is 2.16. The van der Waals surface area contributed by atoms with Gasteiger partial charge in [-0.3, -0.25) is 0 Å². The van der Waals surface area contributed by atoms with Crippen LogP contribution in [0.1, 0.15) is 33.6 Å². The Hall–Kier alpha value is -0.340. The highest BCUT2D eigenvalue weighted by Crippen LogP contribution is 2.11. The zero-order valence-electron chi connectivity index (χ0n) is 8.34. The van der Waals surface area contributed by atoms with Crippen molar-refractivity contribution in [2.24, 2.45) is 0 Å². The summed E-state index contributed by atoms with van der Waals surface area (Å²) in [6.07, 6.45) is 1.06. The molecule has 72 valence electrons. The van der Waals surface area contributed by atoms with Gasteiger partial charge in [0.1, 0.15) is 0 Å². The van der Waals surface area contributed by atoms with Crippen LogP contribution in [0.5, 0.6) is 0 Å². The van der Waals surface area contributed by atoms with Crippen molar-refractivity contribution in [2.75, 3.05) is 6.61 Å². The summed E-state index contributed by atoms with van der Waals surface area (Å²) in [7, 11) is 0. The van der Waals surface area contributed by atoms with Gasteiger partial charge in [0.05, 0.1) is 12.2 Å². The van der Waals surface area contributed by atoms with Crippen LogP contribution in [0, 0.1) is 0 Å². The topological polar surface area (TPSA) is 29.5 Å². The second kappa shape index (κ2) is 6.21. The molecule has 0 aliphatic heterocycles. The van der Waals surface area contributed by atoms with Crippen molar-refractivity contribution in [3.8, 4) is 0 Å². The fourth-order valence-electron chi connectivity index (χ4n) is 1.20. The summed E-state index contributed by atoms with van der Waals surface area (Å²) in [5.41, 5.74) is 1.00. The predicted octanol–water partition coefficient (Wildman–Crippen LogP) is 2.13. The summed E-state index contributed by atoms with van der Waals surface area (Å²) in [5, 5.41) is 9.62. The van der Waals surface area contributed by atoms with Gasteiger partial charge in [-0.15, -0.1) is 6.58 Å². The Labute approximate surface area is 75.2 Å². The second-order valence-corrected chi connectivity index (χ2v) is 3.13. The van der Waals surface area contributed by atoms with Crippen LogP contribution in [0.25, 0.3) is 0 Å². The Bertz CT molecular complexity index is 132. The number of ether oxygens (including phenoxy) is 1. The van der Waals surface area contributed by atoms with E-state index in [1.165, 1.54) is 0 Å². The van der Waals surface area contributed by atoms with E-state index in [9.17, 15) is 5.11 Å². The first-order chi connectivity index (χ1) is 5.61. The SMILES string of the molecule is C=C(C)CC(O)C(CC)OCC. The predicted molar refractivity (Wildman–Crippen MR) is 51.1 cm³/mol. The maximum atomic E-state index is 9.62. The van der Waals surface area contributed by atoms with Crippen LogP contribution in [0.4, 0.5) is 0 Å². The number of aliphatic hydroxyl groups is 1. The molecule has 0 aromatic rings. The lowest BCUT2D eigenvalue weighted by atomic mass is 10.0. The van der Waals surface area contributed by atoms with E-state index < -0.39 is 6.10 Å². The van der Waals surface area contributed by atoms with Crippen LogP contribution in [-0.2, 0) is 4.74 Å². The van der Waals surface area contributed by atoms with E-state index in [2.05, 4.69) is 6.58 Å². The molecule has 0 amide bonds. The van der Waals surface area contributed by atoms with Gasteiger partial charge in [-0.1, -0.05) is 12.5 Å². The average Bonchev–Trinajstić information content (AvgIpc) is 1.98. The fourth-order valence-corrected chi connectivity index (χ4v) is 1.20. The minimum atomic E-state index is -0.396. The third-order valence-electron chi connectivity index (χ3n) is 1.77. The van der Waals surface area contributed by atoms with Gasteiger partial charge in [0.25, 0.3) is 0 Å². The lowest BCUT2D eigenvalue weighted by Crippen LogP contribution is -2.28. The summed E-state index contributed by atoms with van der Waals surface area (Å²) >= 11 is 0. The summed E-state index contributed by atoms with van der Waals surface area (Å²) in [5.74, 6) is 0. The van der Waals surface area contributed by atoms with Crippen molar-refractivity contribution in [3.05, 3.63) is 12.2 Å². The molecule has 0 aliphatic rings. The number of rotatable bonds is 6. The maximum Gasteiger partial charge on any atom is 0.0838 e. The Morgan fingerprint density at radius 2 is 2.08 bits per heavy atom. The molecule has 0 saturated carbocycles. The zero-order valence-corrected chi connectivity index (χ0v) is 8.34. The van der Waals surface area contributed by atoms with Gasteiger partial charge in [-0.2, -0.15) is 0 Å². The molecule has 2 unspecified atom stereocenters. The molecule has 0 aromatic heterocycles. The molecule has 0 heterocycles. The highest BCUT2D eigenvalue weighted by atomic mass is 16.5. The first-order valence-corrected chi connectivity index (χ1v) is 4.55. The lowest BCUT2D eigenvalue weighted by Gasteiger charge is -2.21. The molecule has 0 aliphatic carbocycles. The van der Waals surface area contributed by atoms with Gasteiger partial charge in [0.2, 0.25) is 0 Å².